The number of rotatable bonds is 7. The van der Waals surface area contributed by atoms with Crippen LogP contribution in [0.15, 0.2) is 60.9 Å². The van der Waals surface area contributed by atoms with Crippen molar-refractivity contribution in [3.63, 3.8) is 0 Å². The number of aromatic hydroxyl groups is 1. The Hall–Kier alpha value is -2.96. The van der Waals surface area contributed by atoms with Crippen molar-refractivity contribution in [3.05, 3.63) is 66.5 Å². The zero-order chi connectivity index (χ0) is 20.2. The molecule has 0 radical (unpaired) electrons. The summed E-state index contributed by atoms with van der Waals surface area (Å²) in [7, 11) is 0. The van der Waals surface area contributed by atoms with Crippen LogP contribution in [0.3, 0.4) is 0 Å². The van der Waals surface area contributed by atoms with Crippen LogP contribution in [0.2, 0.25) is 0 Å². The van der Waals surface area contributed by atoms with Gasteiger partial charge in [0.05, 0.1) is 10.2 Å². The number of fused-ring (bicyclic) bond motifs is 1. The second-order valence-electron chi connectivity index (χ2n) is 6.88. The van der Waals surface area contributed by atoms with E-state index in [1.54, 1.807) is 35.9 Å². The lowest BCUT2D eigenvalue weighted by molar-refractivity contribution is 0.296. The Bertz CT molecular complexity index is 1100. The van der Waals surface area contributed by atoms with E-state index in [0.29, 0.717) is 0 Å². The molecule has 0 amide bonds. The Morgan fingerprint density at radius 3 is 2.52 bits per heavy atom. The third-order valence-corrected chi connectivity index (χ3v) is 6.14. The summed E-state index contributed by atoms with van der Waals surface area (Å²) < 4.78 is 0.998. The predicted molar refractivity (Wildman–Crippen MR) is 121 cm³/mol. The number of anilines is 2. The van der Waals surface area contributed by atoms with E-state index < -0.39 is 0 Å². The van der Waals surface area contributed by atoms with Gasteiger partial charge in [0.15, 0.2) is 5.82 Å². The monoisotopic (exact) mass is 404 g/mol. The van der Waals surface area contributed by atoms with Crippen molar-refractivity contribution in [1.82, 2.24) is 14.9 Å². The maximum Gasteiger partial charge on any atom is 0.151 e. The van der Waals surface area contributed by atoms with E-state index in [-0.39, 0.29) is 5.75 Å². The van der Waals surface area contributed by atoms with Crippen molar-refractivity contribution in [2.75, 3.05) is 18.4 Å². The molecule has 29 heavy (non-hydrogen) atoms. The van der Waals surface area contributed by atoms with E-state index in [1.807, 2.05) is 6.07 Å². The van der Waals surface area contributed by atoms with Gasteiger partial charge in [-0.25, -0.2) is 9.97 Å². The lowest BCUT2D eigenvalue weighted by Gasteiger charge is -2.17. The first kappa shape index (κ1) is 19.4. The molecule has 2 aromatic heterocycles. The van der Waals surface area contributed by atoms with Gasteiger partial charge in [0.1, 0.15) is 12.1 Å². The van der Waals surface area contributed by atoms with Crippen molar-refractivity contribution in [2.24, 2.45) is 0 Å². The van der Waals surface area contributed by atoms with Gasteiger partial charge in [-0.3, -0.25) is 4.90 Å². The maximum atomic E-state index is 9.69. The number of benzene rings is 2. The largest absolute Gasteiger partial charge is 0.508 e. The molecule has 4 aromatic rings. The summed E-state index contributed by atoms with van der Waals surface area (Å²) in [6.07, 6.45) is 1.57. The molecular formula is C23H24N4OS. The first-order valence-corrected chi connectivity index (χ1v) is 10.6. The molecule has 0 aliphatic heterocycles. The summed E-state index contributed by atoms with van der Waals surface area (Å²) in [5, 5.41) is 13.0. The molecule has 0 fully saturated rings. The van der Waals surface area contributed by atoms with Gasteiger partial charge in [0.2, 0.25) is 0 Å². The smallest absolute Gasteiger partial charge is 0.151 e. The maximum absolute atomic E-state index is 9.69. The fourth-order valence-corrected chi connectivity index (χ4v) is 4.35. The minimum absolute atomic E-state index is 0.219. The van der Waals surface area contributed by atoms with E-state index in [0.717, 1.165) is 46.2 Å². The van der Waals surface area contributed by atoms with Crippen LogP contribution in [0.25, 0.3) is 20.7 Å². The Balaban J connectivity index is 1.61. The molecule has 2 N–H and O–H groups in total. The number of nitrogens with zero attached hydrogens (tertiary/aromatic N) is 3. The molecule has 0 unspecified atom stereocenters. The van der Waals surface area contributed by atoms with E-state index in [9.17, 15) is 5.11 Å². The highest BCUT2D eigenvalue weighted by molar-refractivity contribution is 7.22. The highest BCUT2D eigenvalue weighted by atomic mass is 32.1. The van der Waals surface area contributed by atoms with Crippen LogP contribution in [0.1, 0.15) is 19.4 Å². The predicted octanol–water partition coefficient (Wildman–Crippen LogP) is 5.65. The third kappa shape index (κ3) is 4.39. The molecule has 4 rings (SSSR count). The lowest BCUT2D eigenvalue weighted by atomic mass is 10.1. The van der Waals surface area contributed by atoms with Crippen LogP contribution in [0, 0.1) is 0 Å². The van der Waals surface area contributed by atoms with E-state index in [1.165, 1.54) is 11.1 Å². The van der Waals surface area contributed by atoms with Gasteiger partial charge in [-0.05, 0) is 42.4 Å². The lowest BCUT2D eigenvalue weighted by Crippen LogP contribution is -2.21. The van der Waals surface area contributed by atoms with Crippen molar-refractivity contribution < 1.29 is 5.11 Å². The zero-order valence-electron chi connectivity index (χ0n) is 16.6. The summed E-state index contributed by atoms with van der Waals surface area (Å²) in [6, 6.07) is 17.9. The number of phenolic OH excluding ortho intramolecular Hbond substituents is 1. The molecule has 0 aliphatic carbocycles. The average Bonchev–Trinajstić information content (AvgIpc) is 3.18. The SMILES string of the molecule is CCN(CC)Cc1ccc(-c2cc3ncnc(Nc4cccc(O)c4)c3s2)cc1. The van der Waals surface area contributed by atoms with Gasteiger partial charge >= 0.3 is 0 Å². The Kier molecular flexibility index (Phi) is 5.74. The quantitative estimate of drug-likeness (QED) is 0.417. The number of hydrogen-bond acceptors (Lipinski definition) is 6. The van der Waals surface area contributed by atoms with Crippen LogP contribution in [0.4, 0.5) is 11.5 Å². The summed E-state index contributed by atoms with van der Waals surface area (Å²) >= 11 is 1.67. The minimum Gasteiger partial charge on any atom is -0.508 e. The molecule has 0 bridgehead atoms. The first-order chi connectivity index (χ1) is 14.2. The molecule has 6 heteroatoms. The van der Waals surface area contributed by atoms with Crippen molar-refractivity contribution in [3.8, 4) is 16.2 Å². The summed E-state index contributed by atoms with van der Waals surface area (Å²) in [6.45, 7) is 7.48. The molecule has 5 nitrogen and oxygen atoms in total. The molecule has 2 aromatic carbocycles. The molecule has 0 atom stereocenters. The normalized spacial score (nSPS) is 11.3. The Labute approximate surface area is 174 Å². The zero-order valence-corrected chi connectivity index (χ0v) is 17.4. The van der Waals surface area contributed by atoms with E-state index in [2.05, 4.69) is 64.4 Å². The van der Waals surface area contributed by atoms with Crippen molar-refractivity contribution >= 4 is 33.1 Å². The highest BCUT2D eigenvalue weighted by Gasteiger charge is 2.11. The van der Waals surface area contributed by atoms with Crippen molar-refractivity contribution in [2.45, 2.75) is 20.4 Å². The summed E-state index contributed by atoms with van der Waals surface area (Å²) in [5.41, 5.74) is 4.21. The van der Waals surface area contributed by atoms with E-state index in [4.69, 9.17) is 0 Å². The fourth-order valence-electron chi connectivity index (χ4n) is 3.29. The van der Waals surface area contributed by atoms with Crippen LogP contribution < -0.4 is 5.32 Å². The van der Waals surface area contributed by atoms with Gasteiger partial charge in [-0.1, -0.05) is 44.2 Å². The fraction of sp³-hybridized carbons (Fsp3) is 0.217. The summed E-state index contributed by atoms with van der Waals surface area (Å²) in [4.78, 5) is 12.4. The van der Waals surface area contributed by atoms with Crippen LogP contribution in [0.5, 0.6) is 5.75 Å². The Morgan fingerprint density at radius 2 is 1.79 bits per heavy atom. The van der Waals surface area contributed by atoms with Gasteiger partial charge in [-0.2, -0.15) is 0 Å². The van der Waals surface area contributed by atoms with Crippen molar-refractivity contribution in [1.29, 1.82) is 0 Å². The highest BCUT2D eigenvalue weighted by Crippen LogP contribution is 2.36. The van der Waals surface area contributed by atoms with Crippen LogP contribution >= 0.6 is 11.3 Å². The second-order valence-corrected chi connectivity index (χ2v) is 7.93. The van der Waals surface area contributed by atoms with Gasteiger partial charge < -0.3 is 10.4 Å². The molecule has 0 aliphatic rings. The van der Waals surface area contributed by atoms with Gasteiger partial charge in [0, 0.05) is 23.2 Å². The third-order valence-electron chi connectivity index (χ3n) is 4.96. The van der Waals surface area contributed by atoms with Crippen LogP contribution in [-0.4, -0.2) is 33.1 Å². The molecule has 148 valence electrons. The molecule has 0 saturated carbocycles. The molecule has 2 heterocycles. The van der Waals surface area contributed by atoms with Gasteiger partial charge in [-0.15, -0.1) is 11.3 Å². The number of aromatic nitrogens is 2. The Morgan fingerprint density at radius 1 is 1.00 bits per heavy atom. The number of hydrogen-bond donors (Lipinski definition) is 2. The standard InChI is InChI=1S/C23H24N4OS/c1-3-27(4-2)14-16-8-10-17(11-9-16)21-13-20-22(29-21)23(25-15-24-20)26-18-6-5-7-19(28)12-18/h5-13,15,28H,3-4,14H2,1-2H3,(H,24,25,26). The van der Waals surface area contributed by atoms with Gasteiger partial charge in [0.25, 0.3) is 0 Å². The molecular weight excluding hydrogens is 380 g/mol. The first-order valence-electron chi connectivity index (χ1n) is 9.78. The second kappa shape index (κ2) is 8.59. The topological polar surface area (TPSA) is 61.3 Å². The van der Waals surface area contributed by atoms with Crippen LogP contribution in [-0.2, 0) is 6.54 Å². The summed E-state index contributed by atoms with van der Waals surface area (Å²) in [5.74, 6) is 0.965. The number of thiophene rings is 1. The average molecular weight is 405 g/mol. The molecule has 0 spiro atoms. The minimum atomic E-state index is 0.219. The molecule has 0 saturated heterocycles. The van der Waals surface area contributed by atoms with E-state index >= 15 is 0 Å². The number of nitrogens with one attached hydrogen (secondary N) is 1. The number of phenols is 1.